The van der Waals surface area contributed by atoms with Crippen molar-refractivity contribution in [2.24, 2.45) is 11.8 Å². The van der Waals surface area contributed by atoms with Crippen molar-refractivity contribution in [2.75, 3.05) is 0 Å². The molecule has 0 bridgehead atoms. The normalized spacial score (nSPS) is 24.3. The Labute approximate surface area is 207 Å². The van der Waals surface area contributed by atoms with Gasteiger partial charge >= 0.3 is 12.4 Å². The predicted molar refractivity (Wildman–Crippen MR) is 115 cm³/mol. The first kappa shape index (κ1) is 25.5. The van der Waals surface area contributed by atoms with Gasteiger partial charge in [0.25, 0.3) is 5.91 Å². The summed E-state index contributed by atoms with van der Waals surface area (Å²) in [4.78, 5) is 31.7. The fourth-order valence-corrected chi connectivity index (χ4v) is 5.29. The zero-order chi connectivity index (χ0) is 26.7. The first-order valence-corrected chi connectivity index (χ1v) is 11.9. The molecule has 2 aromatic rings. The van der Waals surface area contributed by atoms with E-state index in [1.54, 1.807) is 0 Å². The molecule has 2 heterocycles. The number of likely N-dealkylation sites (tertiary alicyclic amines) is 1. The quantitative estimate of drug-likeness (QED) is 0.519. The second-order valence-corrected chi connectivity index (χ2v) is 9.85. The highest BCUT2D eigenvalue weighted by molar-refractivity contribution is 5.97. The summed E-state index contributed by atoms with van der Waals surface area (Å²) in [6, 6.07) is 1.31. The van der Waals surface area contributed by atoms with Crippen LogP contribution in [0.3, 0.4) is 0 Å². The van der Waals surface area contributed by atoms with Gasteiger partial charge in [-0.2, -0.15) is 26.3 Å². The molecule has 198 valence electrons. The zero-order valence-corrected chi connectivity index (χ0v) is 19.2. The Balaban J connectivity index is 1.39. The van der Waals surface area contributed by atoms with Crippen LogP contribution >= 0.6 is 0 Å². The van der Waals surface area contributed by atoms with Gasteiger partial charge < -0.3 is 10.2 Å². The number of alkyl halides is 6. The molecule has 12 heteroatoms. The van der Waals surface area contributed by atoms with Gasteiger partial charge in [-0.25, -0.2) is 4.39 Å². The fourth-order valence-electron chi connectivity index (χ4n) is 5.29. The molecule has 37 heavy (non-hydrogen) atoms. The van der Waals surface area contributed by atoms with Gasteiger partial charge in [-0.15, -0.1) is 0 Å². The number of rotatable bonds is 5. The number of nitrogens with zero attached hydrogens (tertiary/aromatic N) is 2. The van der Waals surface area contributed by atoms with Gasteiger partial charge in [-0.05, 0) is 68.2 Å². The Bertz CT molecular complexity index is 1230. The Kier molecular flexibility index (Phi) is 6.18. The van der Waals surface area contributed by atoms with E-state index in [1.807, 2.05) is 0 Å². The van der Waals surface area contributed by atoms with Gasteiger partial charge in [0.2, 0.25) is 5.91 Å². The lowest BCUT2D eigenvalue weighted by Gasteiger charge is -2.37. The SMILES string of the molecule is O=C(NC(c1ccc(C(F)(F)F)cc1F)C1CC1)[C@H]1C[C@H]2CC[C@H]2N1C(=O)c1cc(C(F)(F)F)ccn1. The van der Waals surface area contributed by atoms with Gasteiger partial charge in [0.15, 0.2) is 0 Å². The molecular weight excluding hydrogens is 507 g/mol. The minimum absolute atomic E-state index is 0.00678. The van der Waals surface area contributed by atoms with Crippen LogP contribution in [-0.2, 0) is 17.1 Å². The number of amides is 2. The standard InChI is InChI=1S/C25H22F7N3O2/c26-17-10-14(24(27,28)29)4-5-16(17)21(12-1-2-12)34-22(36)20-9-13-3-6-19(13)35(20)23(37)18-11-15(7-8-33-18)25(30,31)32/h4-5,7-8,10-13,19-21H,1-3,6,9H2,(H,34,36)/t13-,19-,20-,21?/m1/s1. The Morgan fingerprint density at radius 3 is 2.19 bits per heavy atom. The van der Waals surface area contributed by atoms with Crippen LogP contribution in [-0.4, -0.2) is 33.8 Å². The Morgan fingerprint density at radius 2 is 1.62 bits per heavy atom. The van der Waals surface area contributed by atoms with Crippen molar-refractivity contribution in [1.29, 1.82) is 0 Å². The van der Waals surface area contributed by atoms with E-state index in [0.29, 0.717) is 31.4 Å². The summed E-state index contributed by atoms with van der Waals surface area (Å²) in [5, 5.41) is 2.72. The van der Waals surface area contributed by atoms with Crippen LogP contribution in [0, 0.1) is 17.7 Å². The third-order valence-electron chi connectivity index (χ3n) is 7.49. The molecule has 3 aliphatic rings. The number of carbonyl (C=O) groups is 2. The van der Waals surface area contributed by atoms with Crippen molar-refractivity contribution in [3.63, 3.8) is 0 Å². The molecule has 0 spiro atoms. The highest BCUT2D eigenvalue weighted by atomic mass is 19.4. The zero-order valence-electron chi connectivity index (χ0n) is 19.2. The van der Waals surface area contributed by atoms with E-state index >= 15 is 0 Å². The molecule has 4 atom stereocenters. The molecular formula is C25H22F7N3O2. The minimum Gasteiger partial charge on any atom is -0.347 e. The van der Waals surface area contributed by atoms with E-state index < -0.39 is 58.9 Å². The van der Waals surface area contributed by atoms with E-state index in [2.05, 4.69) is 10.3 Å². The molecule has 1 saturated heterocycles. The number of pyridine rings is 1. The van der Waals surface area contributed by atoms with E-state index in [9.17, 15) is 40.3 Å². The summed E-state index contributed by atoms with van der Waals surface area (Å²) >= 11 is 0. The van der Waals surface area contributed by atoms with Crippen molar-refractivity contribution >= 4 is 11.8 Å². The first-order valence-electron chi connectivity index (χ1n) is 11.9. The molecule has 3 fully saturated rings. The lowest BCUT2D eigenvalue weighted by atomic mass is 9.80. The summed E-state index contributed by atoms with van der Waals surface area (Å²) < 4.78 is 93.1. The molecule has 2 saturated carbocycles. The number of carbonyl (C=O) groups excluding carboxylic acids is 2. The maximum atomic E-state index is 14.7. The highest BCUT2D eigenvalue weighted by Gasteiger charge is 2.52. The maximum absolute atomic E-state index is 14.7. The second-order valence-electron chi connectivity index (χ2n) is 9.85. The maximum Gasteiger partial charge on any atom is 0.416 e. The molecule has 1 aromatic carbocycles. The van der Waals surface area contributed by atoms with Crippen LogP contribution in [0.2, 0.25) is 0 Å². The molecule has 0 radical (unpaired) electrons. The van der Waals surface area contributed by atoms with Crippen LogP contribution < -0.4 is 5.32 Å². The van der Waals surface area contributed by atoms with Crippen LogP contribution in [0.15, 0.2) is 36.5 Å². The van der Waals surface area contributed by atoms with Crippen molar-refractivity contribution < 1.29 is 40.3 Å². The fraction of sp³-hybridized carbons (Fsp3) is 0.480. The highest BCUT2D eigenvalue weighted by Crippen LogP contribution is 2.46. The van der Waals surface area contributed by atoms with Crippen LogP contribution in [0.1, 0.15) is 65.3 Å². The summed E-state index contributed by atoms with van der Waals surface area (Å²) in [5.41, 5.74) is -2.70. The molecule has 5 nitrogen and oxygen atoms in total. The van der Waals surface area contributed by atoms with Crippen molar-refractivity contribution in [1.82, 2.24) is 15.2 Å². The number of hydrogen-bond acceptors (Lipinski definition) is 3. The van der Waals surface area contributed by atoms with E-state index in [4.69, 9.17) is 0 Å². The van der Waals surface area contributed by atoms with Gasteiger partial charge in [0.1, 0.15) is 17.6 Å². The monoisotopic (exact) mass is 529 g/mol. The summed E-state index contributed by atoms with van der Waals surface area (Å²) in [6.07, 6.45) is -5.63. The summed E-state index contributed by atoms with van der Waals surface area (Å²) in [7, 11) is 0. The molecule has 2 amide bonds. The molecule has 2 aliphatic carbocycles. The van der Waals surface area contributed by atoms with Crippen molar-refractivity contribution in [3.05, 3.63) is 64.7 Å². The smallest absolute Gasteiger partial charge is 0.347 e. The van der Waals surface area contributed by atoms with Crippen LogP contribution in [0.5, 0.6) is 0 Å². The first-order chi connectivity index (χ1) is 17.3. The third kappa shape index (κ3) is 4.89. The minimum atomic E-state index is -4.72. The third-order valence-corrected chi connectivity index (χ3v) is 7.49. The van der Waals surface area contributed by atoms with Crippen molar-refractivity contribution in [3.8, 4) is 0 Å². The van der Waals surface area contributed by atoms with Gasteiger partial charge in [-0.1, -0.05) is 6.07 Å². The lowest BCUT2D eigenvalue weighted by Crippen LogP contribution is -2.51. The number of benzene rings is 1. The molecule has 1 aliphatic heterocycles. The largest absolute Gasteiger partial charge is 0.416 e. The number of halogens is 7. The predicted octanol–water partition coefficient (Wildman–Crippen LogP) is 5.52. The molecule has 1 aromatic heterocycles. The second kappa shape index (κ2) is 8.98. The van der Waals surface area contributed by atoms with E-state index in [1.165, 1.54) is 4.90 Å². The number of nitrogens with one attached hydrogen (secondary N) is 1. The Hall–Kier alpha value is -3.18. The lowest BCUT2D eigenvalue weighted by molar-refractivity contribution is -0.138. The van der Waals surface area contributed by atoms with E-state index in [0.717, 1.165) is 30.8 Å². The van der Waals surface area contributed by atoms with Gasteiger partial charge in [0, 0.05) is 17.8 Å². The van der Waals surface area contributed by atoms with Crippen LogP contribution in [0.4, 0.5) is 30.7 Å². The summed E-state index contributed by atoms with van der Waals surface area (Å²) in [5.74, 6) is -2.71. The van der Waals surface area contributed by atoms with Crippen molar-refractivity contribution in [2.45, 2.75) is 62.6 Å². The summed E-state index contributed by atoms with van der Waals surface area (Å²) in [6.45, 7) is 0. The number of fused-ring (bicyclic) bond motifs is 1. The number of aromatic nitrogens is 1. The van der Waals surface area contributed by atoms with Gasteiger partial charge in [-0.3, -0.25) is 14.6 Å². The average Bonchev–Trinajstić information content (AvgIpc) is 3.61. The van der Waals surface area contributed by atoms with E-state index in [-0.39, 0.29) is 29.9 Å². The van der Waals surface area contributed by atoms with Crippen LogP contribution in [0.25, 0.3) is 0 Å². The number of hydrogen-bond donors (Lipinski definition) is 1. The molecule has 1 N–H and O–H groups in total. The topological polar surface area (TPSA) is 62.3 Å². The molecule has 1 unspecified atom stereocenters. The molecule has 5 rings (SSSR count). The Morgan fingerprint density at radius 1 is 0.946 bits per heavy atom. The average molecular weight is 529 g/mol. The van der Waals surface area contributed by atoms with Gasteiger partial charge in [0.05, 0.1) is 17.2 Å².